The molecular weight excluding hydrogens is 456 g/mol. The van der Waals surface area contributed by atoms with Crippen LogP contribution in [0.3, 0.4) is 0 Å². The number of amides is 1. The van der Waals surface area contributed by atoms with Crippen LogP contribution in [0.25, 0.3) is 22.4 Å². The molecule has 0 radical (unpaired) electrons. The maximum atomic E-state index is 14.8. The molecule has 1 aromatic carbocycles. The molecule has 182 valence electrons. The van der Waals surface area contributed by atoms with Crippen LogP contribution in [0.5, 0.6) is 0 Å². The van der Waals surface area contributed by atoms with E-state index in [-0.39, 0.29) is 29.0 Å². The summed E-state index contributed by atoms with van der Waals surface area (Å²) < 4.78 is 32.4. The first kappa shape index (κ1) is 22.8. The van der Waals surface area contributed by atoms with Crippen molar-refractivity contribution in [3.05, 3.63) is 48.4 Å². The third-order valence-corrected chi connectivity index (χ3v) is 6.25. The maximum Gasteiger partial charge on any atom is 0.292 e. The largest absolute Gasteiger partial charge is 0.383 e. The first-order chi connectivity index (χ1) is 16.9. The van der Waals surface area contributed by atoms with Crippen molar-refractivity contribution in [1.82, 2.24) is 39.6 Å². The van der Waals surface area contributed by atoms with E-state index < -0.39 is 12.5 Å². The van der Waals surface area contributed by atoms with Gasteiger partial charge in [0, 0.05) is 25.1 Å². The van der Waals surface area contributed by atoms with Crippen LogP contribution in [-0.2, 0) is 17.3 Å². The summed E-state index contributed by atoms with van der Waals surface area (Å²) in [5, 5.41) is 13.2. The lowest BCUT2D eigenvalue weighted by atomic mass is 10.1. The summed E-state index contributed by atoms with van der Waals surface area (Å²) in [7, 11) is 0. The second-order valence-corrected chi connectivity index (χ2v) is 8.61. The minimum absolute atomic E-state index is 0.0859. The van der Waals surface area contributed by atoms with Gasteiger partial charge in [0.15, 0.2) is 5.65 Å². The Hall–Kier alpha value is -3.96. The number of alkyl halides is 2. The third kappa shape index (κ3) is 4.31. The SMILES string of the molecule is CCC(=O)N1CCC[C@@H](n2nc(-c3cn(CC(F)(F)c4ccccc4)nn3)c3c(N)ncnc32)C1. The van der Waals surface area contributed by atoms with Crippen molar-refractivity contribution in [2.45, 2.75) is 44.7 Å². The molecular formula is C23H25F2N9O. The molecule has 0 spiro atoms. The first-order valence-electron chi connectivity index (χ1n) is 11.5. The topological polar surface area (TPSA) is 121 Å². The van der Waals surface area contributed by atoms with Crippen molar-refractivity contribution in [3.63, 3.8) is 0 Å². The number of nitrogen functional groups attached to an aromatic ring is 1. The number of benzene rings is 1. The Balaban J connectivity index is 1.49. The Morgan fingerprint density at radius 1 is 1.23 bits per heavy atom. The summed E-state index contributed by atoms with van der Waals surface area (Å²) in [5.41, 5.74) is 7.23. The average Bonchev–Trinajstić information content (AvgIpc) is 3.49. The molecule has 4 heterocycles. The Labute approximate surface area is 199 Å². The van der Waals surface area contributed by atoms with E-state index in [1.807, 2.05) is 11.8 Å². The number of fused-ring (bicyclic) bond motifs is 1. The van der Waals surface area contributed by atoms with Crippen LogP contribution in [-0.4, -0.2) is 58.6 Å². The van der Waals surface area contributed by atoms with E-state index in [1.165, 1.54) is 24.7 Å². The van der Waals surface area contributed by atoms with Gasteiger partial charge < -0.3 is 10.6 Å². The number of nitrogens with zero attached hydrogens (tertiary/aromatic N) is 8. The quantitative estimate of drug-likeness (QED) is 0.449. The molecule has 35 heavy (non-hydrogen) atoms. The van der Waals surface area contributed by atoms with Gasteiger partial charge >= 0.3 is 0 Å². The zero-order valence-corrected chi connectivity index (χ0v) is 19.2. The van der Waals surface area contributed by atoms with Crippen molar-refractivity contribution in [2.24, 2.45) is 0 Å². The third-order valence-electron chi connectivity index (χ3n) is 6.25. The Kier molecular flexibility index (Phi) is 5.87. The molecule has 1 amide bonds. The number of likely N-dealkylation sites (tertiary alicyclic amines) is 1. The smallest absolute Gasteiger partial charge is 0.292 e. The van der Waals surface area contributed by atoms with Gasteiger partial charge in [0.05, 0.1) is 17.6 Å². The number of hydrogen-bond donors (Lipinski definition) is 1. The van der Waals surface area contributed by atoms with E-state index in [4.69, 9.17) is 10.8 Å². The Bertz CT molecular complexity index is 1350. The Morgan fingerprint density at radius 3 is 2.80 bits per heavy atom. The minimum Gasteiger partial charge on any atom is -0.383 e. The predicted octanol–water partition coefficient (Wildman–Crippen LogP) is 3.03. The molecule has 4 aromatic rings. The van der Waals surface area contributed by atoms with E-state index in [0.717, 1.165) is 17.5 Å². The fourth-order valence-corrected chi connectivity index (χ4v) is 4.49. The van der Waals surface area contributed by atoms with Gasteiger partial charge in [0.2, 0.25) is 5.91 Å². The van der Waals surface area contributed by atoms with Crippen LogP contribution < -0.4 is 5.73 Å². The number of rotatable bonds is 6. The van der Waals surface area contributed by atoms with Crippen LogP contribution >= 0.6 is 0 Å². The van der Waals surface area contributed by atoms with Crippen LogP contribution in [0, 0.1) is 0 Å². The second kappa shape index (κ2) is 9.01. The lowest BCUT2D eigenvalue weighted by molar-refractivity contribution is -0.132. The average molecular weight is 482 g/mol. The zero-order chi connectivity index (χ0) is 24.6. The fourth-order valence-electron chi connectivity index (χ4n) is 4.49. The summed E-state index contributed by atoms with van der Waals surface area (Å²) in [4.78, 5) is 22.6. The van der Waals surface area contributed by atoms with E-state index in [1.54, 1.807) is 22.9 Å². The van der Waals surface area contributed by atoms with Gasteiger partial charge in [-0.15, -0.1) is 5.10 Å². The van der Waals surface area contributed by atoms with Crippen molar-refractivity contribution >= 4 is 22.8 Å². The van der Waals surface area contributed by atoms with Crippen LogP contribution in [0.4, 0.5) is 14.6 Å². The summed E-state index contributed by atoms with van der Waals surface area (Å²) in [6, 6.07) is 7.46. The van der Waals surface area contributed by atoms with Gasteiger partial charge in [-0.2, -0.15) is 13.9 Å². The van der Waals surface area contributed by atoms with Crippen LogP contribution in [0.1, 0.15) is 37.8 Å². The molecule has 1 aliphatic heterocycles. The van der Waals surface area contributed by atoms with E-state index in [2.05, 4.69) is 20.3 Å². The monoisotopic (exact) mass is 481 g/mol. The fraction of sp³-hybridized carbons (Fsp3) is 0.391. The van der Waals surface area contributed by atoms with Gasteiger partial charge in [0.25, 0.3) is 5.92 Å². The van der Waals surface area contributed by atoms with Crippen molar-refractivity contribution in [3.8, 4) is 11.4 Å². The minimum atomic E-state index is -3.13. The molecule has 0 saturated carbocycles. The number of carbonyl (C=O) groups excluding carboxylic acids is 1. The van der Waals surface area contributed by atoms with Gasteiger partial charge in [-0.25, -0.2) is 19.3 Å². The van der Waals surface area contributed by atoms with Crippen molar-refractivity contribution < 1.29 is 13.6 Å². The molecule has 5 rings (SSSR count). The molecule has 1 aliphatic rings. The van der Waals surface area contributed by atoms with Gasteiger partial charge in [-0.1, -0.05) is 42.5 Å². The second-order valence-electron chi connectivity index (χ2n) is 8.61. The molecule has 0 aliphatic carbocycles. The van der Waals surface area contributed by atoms with Crippen LogP contribution in [0.15, 0.2) is 42.9 Å². The molecule has 0 unspecified atom stereocenters. The summed E-state index contributed by atoms with van der Waals surface area (Å²) >= 11 is 0. The van der Waals surface area contributed by atoms with E-state index in [9.17, 15) is 13.6 Å². The molecule has 10 nitrogen and oxygen atoms in total. The highest BCUT2D eigenvalue weighted by Gasteiger charge is 2.33. The number of anilines is 1. The highest BCUT2D eigenvalue weighted by Crippen LogP contribution is 2.34. The van der Waals surface area contributed by atoms with Crippen molar-refractivity contribution in [1.29, 1.82) is 0 Å². The Morgan fingerprint density at radius 2 is 2.03 bits per heavy atom. The zero-order valence-electron chi connectivity index (χ0n) is 19.2. The first-order valence-corrected chi connectivity index (χ1v) is 11.5. The molecule has 0 bridgehead atoms. The highest BCUT2D eigenvalue weighted by molar-refractivity contribution is 5.97. The van der Waals surface area contributed by atoms with E-state index >= 15 is 0 Å². The molecule has 1 atom stereocenters. The maximum absolute atomic E-state index is 14.8. The van der Waals surface area contributed by atoms with Crippen molar-refractivity contribution in [2.75, 3.05) is 18.8 Å². The lowest BCUT2D eigenvalue weighted by Crippen LogP contribution is -2.40. The number of piperidine rings is 1. The highest BCUT2D eigenvalue weighted by atomic mass is 19.3. The van der Waals surface area contributed by atoms with Gasteiger partial charge in [-0.05, 0) is 12.8 Å². The van der Waals surface area contributed by atoms with Gasteiger partial charge in [-0.3, -0.25) is 4.79 Å². The van der Waals surface area contributed by atoms with Gasteiger partial charge in [0.1, 0.15) is 30.1 Å². The molecule has 2 N–H and O–H groups in total. The molecule has 3 aromatic heterocycles. The predicted molar refractivity (Wildman–Crippen MR) is 124 cm³/mol. The lowest BCUT2D eigenvalue weighted by Gasteiger charge is -2.32. The number of aromatic nitrogens is 7. The number of nitrogens with two attached hydrogens (primary N) is 1. The normalized spacial score (nSPS) is 16.7. The number of hydrogen-bond acceptors (Lipinski definition) is 7. The van der Waals surface area contributed by atoms with Crippen LogP contribution in [0.2, 0.25) is 0 Å². The standard InChI is InChI=1S/C23H25F2N9O/c1-2-18(35)32-10-6-9-16(11-32)34-22-19(21(26)27-14-28-22)20(30-34)17-12-33(31-29-17)13-23(24,25)15-7-4-3-5-8-15/h3-5,7-8,12,14,16H,2,6,9-11,13H2,1H3,(H2,26,27,28)/t16-/m1/s1. The summed E-state index contributed by atoms with van der Waals surface area (Å²) in [5.74, 6) is -2.84. The molecule has 1 fully saturated rings. The summed E-state index contributed by atoms with van der Waals surface area (Å²) in [6.07, 6.45) is 4.85. The summed E-state index contributed by atoms with van der Waals surface area (Å²) in [6.45, 7) is 2.37. The van der Waals surface area contributed by atoms with E-state index in [0.29, 0.717) is 36.2 Å². The molecule has 1 saturated heterocycles. The molecule has 12 heteroatoms. The number of halogens is 2. The number of carbonyl (C=O) groups is 1.